The molecule has 1 unspecified atom stereocenters. The van der Waals surface area contributed by atoms with Gasteiger partial charge in [0.05, 0.1) is 22.7 Å². The van der Waals surface area contributed by atoms with Gasteiger partial charge in [0.2, 0.25) is 0 Å². The van der Waals surface area contributed by atoms with E-state index in [1.165, 1.54) is 4.57 Å². The van der Waals surface area contributed by atoms with Crippen LogP contribution in [-0.2, 0) is 6.42 Å². The van der Waals surface area contributed by atoms with Gasteiger partial charge < -0.3 is 10.2 Å². The van der Waals surface area contributed by atoms with Crippen molar-refractivity contribution in [2.75, 3.05) is 0 Å². The van der Waals surface area contributed by atoms with Crippen molar-refractivity contribution in [1.29, 1.82) is 0 Å². The molecule has 0 aliphatic rings. The lowest BCUT2D eigenvalue weighted by molar-refractivity contribution is 0.160. The molecule has 0 fully saturated rings. The van der Waals surface area contributed by atoms with Gasteiger partial charge in [-0.1, -0.05) is 38.0 Å². The van der Waals surface area contributed by atoms with Crippen LogP contribution in [0.2, 0.25) is 0 Å². The Kier molecular flexibility index (Phi) is 5.14. The molecule has 2 N–H and O–H groups in total. The topological polar surface area (TPSA) is 75.3 Å². The van der Waals surface area contributed by atoms with E-state index in [1.807, 2.05) is 37.3 Å². The standard InChI is InChI=1S/C20H22N2O3/c1-2-3-10-15(23)13-17-18(24)16-11-7-12-21-19(16)22(20(17)25)14-8-5-4-6-9-14/h4-9,11-12,15,23-24H,2-3,10,13H2,1H3. The third-order valence-corrected chi connectivity index (χ3v) is 4.35. The van der Waals surface area contributed by atoms with Crippen LogP contribution in [0.25, 0.3) is 16.7 Å². The van der Waals surface area contributed by atoms with E-state index in [9.17, 15) is 15.0 Å². The lowest BCUT2D eigenvalue weighted by Gasteiger charge is -2.16. The van der Waals surface area contributed by atoms with E-state index in [0.29, 0.717) is 23.1 Å². The predicted molar refractivity (Wildman–Crippen MR) is 98.2 cm³/mol. The highest BCUT2D eigenvalue weighted by Gasteiger charge is 2.20. The number of benzene rings is 1. The van der Waals surface area contributed by atoms with Crippen molar-refractivity contribution < 1.29 is 10.2 Å². The lowest BCUT2D eigenvalue weighted by Crippen LogP contribution is -2.26. The first-order chi connectivity index (χ1) is 12.1. The second kappa shape index (κ2) is 7.49. The van der Waals surface area contributed by atoms with Gasteiger partial charge in [0.1, 0.15) is 5.75 Å². The molecule has 130 valence electrons. The molecule has 0 aliphatic carbocycles. The summed E-state index contributed by atoms with van der Waals surface area (Å²) in [4.78, 5) is 17.4. The third kappa shape index (κ3) is 3.42. The molecule has 0 amide bonds. The average Bonchev–Trinajstić information content (AvgIpc) is 2.64. The maximum absolute atomic E-state index is 13.1. The van der Waals surface area contributed by atoms with Crippen molar-refractivity contribution in [2.45, 2.75) is 38.7 Å². The number of aromatic nitrogens is 2. The van der Waals surface area contributed by atoms with E-state index in [-0.39, 0.29) is 23.3 Å². The Bertz CT molecular complexity index is 919. The Morgan fingerprint density at radius 3 is 2.64 bits per heavy atom. The molecule has 0 radical (unpaired) electrons. The van der Waals surface area contributed by atoms with E-state index in [0.717, 1.165) is 12.8 Å². The highest BCUT2D eigenvalue weighted by Crippen LogP contribution is 2.27. The molecular formula is C20H22N2O3. The van der Waals surface area contributed by atoms with E-state index in [4.69, 9.17) is 0 Å². The summed E-state index contributed by atoms with van der Waals surface area (Å²) < 4.78 is 1.50. The molecule has 3 rings (SSSR count). The summed E-state index contributed by atoms with van der Waals surface area (Å²) in [5.74, 6) is -0.0872. The molecule has 3 aromatic rings. The first-order valence-corrected chi connectivity index (χ1v) is 8.58. The summed E-state index contributed by atoms with van der Waals surface area (Å²) in [6.45, 7) is 2.05. The number of hydrogen-bond acceptors (Lipinski definition) is 4. The first kappa shape index (κ1) is 17.2. The van der Waals surface area contributed by atoms with Crippen LogP contribution < -0.4 is 5.56 Å². The number of aromatic hydroxyl groups is 1. The van der Waals surface area contributed by atoms with Crippen molar-refractivity contribution in [1.82, 2.24) is 9.55 Å². The van der Waals surface area contributed by atoms with E-state index >= 15 is 0 Å². The van der Waals surface area contributed by atoms with Gasteiger partial charge in [-0.05, 0) is 30.7 Å². The van der Waals surface area contributed by atoms with Crippen molar-refractivity contribution in [2.24, 2.45) is 0 Å². The molecule has 0 spiro atoms. The molecule has 0 bridgehead atoms. The Hall–Kier alpha value is -2.66. The van der Waals surface area contributed by atoms with E-state index in [2.05, 4.69) is 4.98 Å². The lowest BCUT2D eigenvalue weighted by atomic mass is 10.0. The Balaban J connectivity index is 2.20. The van der Waals surface area contributed by atoms with Crippen LogP contribution in [-0.4, -0.2) is 25.9 Å². The molecule has 1 aromatic carbocycles. The summed E-state index contributed by atoms with van der Waals surface area (Å²) in [5.41, 5.74) is 0.974. The Morgan fingerprint density at radius 2 is 1.92 bits per heavy atom. The highest BCUT2D eigenvalue weighted by atomic mass is 16.3. The van der Waals surface area contributed by atoms with Gasteiger partial charge in [0, 0.05) is 12.6 Å². The highest BCUT2D eigenvalue weighted by molar-refractivity contribution is 5.84. The number of fused-ring (bicyclic) bond motifs is 1. The van der Waals surface area contributed by atoms with Crippen LogP contribution in [0.3, 0.4) is 0 Å². The largest absolute Gasteiger partial charge is 0.507 e. The summed E-state index contributed by atoms with van der Waals surface area (Å²) in [6, 6.07) is 12.7. The number of rotatable bonds is 6. The molecule has 0 saturated heterocycles. The fourth-order valence-electron chi connectivity index (χ4n) is 3.03. The van der Waals surface area contributed by atoms with Gasteiger partial charge in [0.25, 0.3) is 5.56 Å². The molecule has 0 saturated carbocycles. The quantitative estimate of drug-likeness (QED) is 0.724. The molecule has 5 nitrogen and oxygen atoms in total. The van der Waals surface area contributed by atoms with Gasteiger partial charge in [-0.3, -0.25) is 9.36 Å². The number of aliphatic hydroxyl groups is 1. The minimum Gasteiger partial charge on any atom is -0.507 e. The smallest absolute Gasteiger partial charge is 0.263 e. The fourth-order valence-corrected chi connectivity index (χ4v) is 3.03. The van der Waals surface area contributed by atoms with Crippen LogP contribution in [0.15, 0.2) is 53.5 Å². The van der Waals surface area contributed by atoms with Crippen molar-refractivity contribution in [3.8, 4) is 11.4 Å². The number of hydrogen-bond donors (Lipinski definition) is 2. The van der Waals surface area contributed by atoms with Gasteiger partial charge in [-0.25, -0.2) is 4.98 Å². The van der Waals surface area contributed by atoms with Crippen LogP contribution in [0, 0.1) is 0 Å². The van der Waals surface area contributed by atoms with Crippen LogP contribution in [0.5, 0.6) is 5.75 Å². The molecular weight excluding hydrogens is 316 g/mol. The normalized spacial score (nSPS) is 12.4. The SMILES string of the molecule is CCCCC(O)Cc1c(O)c2cccnc2n(-c2ccccc2)c1=O. The number of pyridine rings is 2. The summed E-state index contributed by atoms with van der Waals surface area (Å²) in [6.07, 6.45) is 3.52. The molecule has 2 aromatic heterocycles. The van der Waals surface area contributed by atoms with Gasteiger partial charge >= 0.3 is 0 Å². The van der Waals surface area contributed by atoms with Crippen LogP contribution >= 0.6 is 0 Å². The fraction of sp³-hybridized carbons (Fsp3) is 0.300. The minimum absolute atomic E-state index is 0.0872. The maximum Gasteiger partial charge on any atom is 0.263 e. The average molecular weight is 338 g/mol. The summed E-state index contributed by atoms with van der Waals surface area (Å²) in [7, 11) is 0. The molecule has 1 atom stereocenters. The van der Waals surface area contributed by atoms with E-state index in [1.54, 1.807) is 18.3 Å². The summed E-state index contributed by atoms with van der Waals surface area (Å²) in [5, 5.41) is 21.4. The van der Waals surface area contributed by atoms with Crippen molar-refractivity contribution >= 4 is 11.0 Å². The predicted octanol–water partition coefficient (Wildman–Crippen LogP) is 3.18. The molecule has 0 aliphatic heterocycles. The minimum atomic E-state index is -0.656. The zero-order valence-corrected chi connectivity index (χ0v) is 14.2. The van der Waals surface area contributed by atoms with Gasteiger partial charge in [-0.2, -0.15) is 0 Å². The third-order valence-electron chi connectivity index (χ3n) is 4.35. The van der Waals surface area contributed by atoms with Crippen LogP contribution in [0.4, 0.5) is 0 Å². The zero-order valence-electron chi connectivity index (χ0n) is 14.2. The molecule has 5 heteroatoms. The second-order valence-corrected chi connectivity index (χ2v) is 6.18. The van der Waals surface area contributed by atoms with Crippen molar-refractivity contribution in [3.63, 3.8) is 0 Å². The second-order valence-electron chi connectivity index (χ2n) is 6.18. The zero-order chi connectivity index (χ0) is 17.8. The molecule has 25 heavy (non-hydrogen) atoms. The summed E-state index contributed by atoms with van der Waals surface area (Å²) >= 11 is 0. The number of para-hydroxylation sites is 1. The maximum atomic E-state index is 13.1. The van der Waals surface area contributed by atoms with E-state index < -0.39 is 6.10 Å². The Labute approximate surface area is 146 Å². The van der Waals surface area contributed by atoms with Gasteiger partial charge in [0.15, 0.2) is 5.65 Å². The van der Waals surface area contributed by atoms with Crippen LogP contribution in [0.1, 0.15) is 31.7 Å². The molecule has 2 heterocycles. The van der Waals surface area contributed by atoms with Crippen molar-refractivity contribution in [3.05, 3.63) is 64.6 Å². The number of nitrogens with zero attached hydrogens (tertiary/aromatic N) is 2. The number of aliphatic hydroxyl groups excluding tert-OH is 1. The number of unbranched alkanes of at least 4 members (excludes halogenated alkanes) is 1. The first-order valence-electron chi connectivity index (χ1n) is 8.58. The Morgan fingerprint density at radius 1 is 1.16 bits per heavy atom. The van der Waals surface area contributed by atoms with Gasteiger partial charge in [-0.15, -0.1) is 0 Å². The monoisotopic (exact) mass is 338 g/mol.